The van der Waals surface area contributed by atoms with Crippen LogP contribution in [-0.4, -0.2) is 21.7 Å². The molecule has 1 aromatic heterocycles. The molecule has 7 heteroatoms. The molecular formula is C38H26N2O2S3. The van der Waals surface area contributed by atoms with E-state index in [4.69, 9.17) is 17.0 Å². The van der Waals surface area contributed by atoms with Crippen LogP contribution in [-0.2, 0) is 4.79 Å². The molecule has 1 fully saturated rings. The number of fused-ring (bicyclic) bond motifs is 4. The van der Waals surface area contributed by atoms with E-state index >= 15 is 0 Å². The van der Waals surface area contributed by atoms with Crippen molar-refractivity contribution in [3.05, 3.63) is 143 Å². The molecule has 1 saturated heterocycles. The Labute approximate surface area is 274 Å². The molecule has 0 saturated carbocycles. The lowest BCUT2D eigenvalue weighted by Gasteiger charge is -2.26. The zero-order valence-corrected chi connectivity index (χ0v) is 26.7. The van der Waals surface area contributed by atoms with Gasteiger partial charge in [-0.1, -0.05) is 109 Å². The van der Waals surface area contributed by atoms with Crippen molar-refractivity contribution < 1.29 is 9.53 Å². The molecule has 0 aliphatic carbocycles. The molecule has 0 spiro atoms. The fourth-order valence-corrected chi connectivity index (χ4v) is 8.47. The Morgan fingerprint density at radius 3 is 2.31 bits per heavy atom. The van der Waals surface area contributed by atoms with Gasteiger partial charge in [-0.15, -0.1) is 11.3 Å². The summed E-state index contributed by atoms with van der Waals surface area (Å²) in [6.07, 6.45) is 2.00. The van der Waals surface area contributed by atoms with E-state index in [9.17, 15) is 4.79 Å². The van der Waals surface area contributed by atoms with Gasteiger partial charge in [0.25, 0.3) is 5.91 Å². The van der Waals surface area contributed by atoms with Gasteiger partial charge in [0, 0.05) is 28.8 Å². The number of anilines is 3. The highest BCUT2D eigenvalue weighted by Gasteiger charge is 2.35. The smallest absolute Gasteiger partial charge is 0.266 e. The number of likely N-dealkylation sites (N-methyl/N-ethyl adjacent to an activating group) is 1. The van der Waals surface area contributed by atoms with Crippen molar-refractivity contribution in [3.63, 3.8) is 0 Å². The molecule has 8 rings (SSSR count). The van der Waals surface area contributed by atoms with Crippen LogP contribution in [0.15, 0.2) is 132 Å². The number of thiocarbonyl (C=S) groups is 1. The summed E-state index contributed by atoms with van der Waals surface area (Å²) in [5.41, 5.74) is 3.91. The first-order valence-corrected chi connectivity index (χ1v) is 16.8. The van der Waals surface area contributed by atoms with Crippen molar-refractivity contribution >= 4 is 94.8 Å². The highest BCUT2D eigenvalue weighted by Crippen LogP contribution is 2.48. The number of ether oxygens (including phenoxy) is 1. The van der Waals surface area contributed by atoms with Crippen LogP contribution in [0.25, 0.3) is 32.9 Å². The highest BCUT2D eigenvalue weighted by molar-refractivity contribution is 8.26. The SMILES string of the molecule is CCN1C(=O)/C(=C2/C=C(c3ccc(N(c4ccccc4)c4cc5ccccc5c5ccccc45)s3)Oc3ccccc32)SC1=S. The predicted molar refractivity (Wildman–Crippen MR) is 194 cm³/mol. The lowest BCUT2D eigenvalue weighted by molar-refractivity contribution is -0.122. The Hall–Kier alpha value is -4.69. The van der Waals surface area contributed by atoms with Crippen LogP contribution in [0, 0.1) is 0 Å². The maximum absolute atomic E-state index is 13.4. The summed E-state index contributed by atoms with van der Waals surface area (Å²) in [6.45, 7) is 2.49. The Morgan fingerprint density at radius 1 is 0.800 bits per heavy atom. The summed E-state index contributed by atoms with van der Waals surface area (Å²) >= 11 is 8.57. The quantitative estimate of drug-likeness (QED) is 0.107. The van der Waals surface area contributed by atoms with Gasteiger partial charge in [0.1, 0.15) is 20.8 Å². The molecule has 45 heavy (non-hydrogen) atoms. The number of allylic oxidation sites excluding steroid dienone is 2. The van der Waals surface area contributed by atoms with E-state index in [-0.39, 0.29) is 5.91 Å². The normalized spacial score (nSPS) is 16.2. The number of nitrogens with zero attached hydrogens (tertiary/aromatic N) is 2. The minimum atomic E-state index is -0.0555. The summed E-state index contributed by atoms with van der Waals surface area (Å²) in [7, 11) is 0. The monoisotopic (exact) mass is 638 g/mol. The molecular weight excluding hydrogens is 613 g/mol. The third-order valence-corrected chi connectivity index (χ3v) is 10.7. The fraction of sp³-hybridized carbons (Fsp3) is 0.0526. The van der Waals surface area contributed by atoms with Crippen LogP contribution in [0.4, 0.5) is 16.4 Å². The van der Waals surface area contributed by atoms with Gasteiger partial charge in [-0.05, 0) is 65.6 Å². The number of thioether (sulfide) groups is 1. The fourth-order valence-electron chi connectivity index (χ4n) is 6.04. The average molecular weight is 639 g/mol. The van der Waals surface area contributed by atoms with Gasteiger partial charge in [-0.3, -0.25) is 9.69 Å². The summed E-state index contributed by atoms with van der Waals surface area (Å²) in [4.78, 5) is 19.0. The van der Waals surface area contributed by atoms with Crippen LogP contribution < -0.4 is 9.64 Å². The number of thiophene rings is 1. The molecule has 0 radical (unpaired) electrons. The van der Waals surface area contributed by atoms with E-state index in [0.717, 1.165) is 38.1 Å². The largest absolute Gasteiger partial charge is 0.455 e. The number of amides is 1. The number of rotatable bonds is 5. The molecule has 2 aliphatic rings. The summed E-state index contributed by atoms with van der Waals surface area (Å²) in [5.74, 6) is 1.38. The minimum absolute atomic E-state index is 0.0555. The van der Waals surface area contributed by atoms with Crippen LogP contribution in [0.1, 0.15) is 17.4 Å². The molecule has 0 atom stereocenters. The second kappa shape index (κ2) is 11.3. The third kappa shape index (κ3) is 4.75. The van der Waals surface area contributed by atoms with Gasteiger partial charge in [0.2, 0.25) is 0 Å². The molecule has 0 N–H and O–H groups in total. The topological polar surface area (TPSA) is 32.8 Å². The first-order chi connectivity index (χ1) is 22.1. The standard InChI is InChI=1S/C38H26N2O2S3/c1-2-39-37(41)36(45-38(39)43)30-23-33(42-32-19-11-10-18-29(30)32)34-20-21-35(44-34)40(25-13-4-3-5-14-25)31-22-24-12-6-7-15-26(24)27-16-8-9-17-28(27)31/h3-23H,2H2,1H3/b36-30+. The molecule has 5 aromatic carbocycles. The lowest BCUT2D eigenvalue weighted by Crippen LogP contribution is -2.27. The number of hydrogen-bond donors (Lipinski definition) is 0. The van der Waals surface area contributed by atoms with E-state index in [0.29, 0.717) is 21.5 Å². The first-order valence-electron chi connectivity index (χ1n) is 14.7. The summed E-state index contributed by atoms with van der Waals surface area (Å²) < 4.78 is 7.09. The Bertz CT molecular complexity index is 2220. The van der Waals surface area contributed by atoms with Crippen molar-refractivity contribution in [2.45, 2.75) is 6.92 Å². The van der Waals surface area contributed by atoms with Gasteiger partial charge in [0.05, 0.1) is 15.5 Å². The minimum Gasteiger partial charge on any atom is -0.455 e. The Morgan fingerprint density at radius 2 is 1.51 bits per heavy atom. The van der Waals surface area contributed by atoms with Crippen LogP contribution in [0.2, 0.25) is 0 Å². The number of carbonyl (C=O) groups excluding carboxylic acids is 1. The molecule has 0 bridgehead atoms. The molecule has 3 heterocycles. The molecule has 218 valence electrons. The van der Waals surface area contributed by atoms with Gasteiger partial charge < -0.3 is 9.64 Å². The lowest BCUT2D eigenvalue weighted by atomic mass is 9.99. The number of hydrogen-bond acceptors (Lipinski definition) is 6. The highest BCUT2D eigenvalue weighted by atomic mass is 32.2. The van der Waals surface area contributed by atoms with Crippen LogP contribution in [0.3, 0.4) is 0 Å². The summed E-state index contributed by atoms with van der Waals surface area (Å²) in [5, 5.41) is 5.87. The van der Waals surface area contributed by atoms with Gasteiger partial charge in [-0.25, -0.2) is 0 Å². The first kappa shape index (κ1) is 27.8. The Balaban J connectivity index is 1.29. The van der Waals surface area contributed by atoms with Crippen molar-refractivity contribution in [1.82, 2.24) is 4.90 Å². The van der Waals surface area contributed by atoms with E-state index in [1.807, 2.05) is 43.3 Å². The van der Waals surface area contributed by atoms with E-state index in [2.05, 4.69) is 95.9 Å². The van der Waals surface area contributed by atoms with Crippen molar-refractivity contribution in [2.24, 2.45) is 0 Å². The number of benzene rings is 5. The van der Waals surface area contributed by atoms with Crippen LogP contribution in [0.5, 0.6) is 5.75 Å². The second-order valence-electron chi connectivity index (χ2n) is 10.7. The van der Waals surface area contributed by atoms with Gasteiger partial charge >= 0.3 is 0 Å². The molecule has 1 amide bonds. The van der Waals surface area contributed by atoms with Crippen molar-refractivity contribution in [1.29, 1.82) is 0 Å². The van der Waals surface area contributed by atoms with E-state index < -0.39 is 0 Å². The Kier molecular flexibility index (Phi) is 7.02. The summed E-state index contributed by atoms with van der Waals surface area (Å²) in [6, 6.07) is 42.0. The van der Waals surface area contributed by atoms with Crippen LogP contribution >= 0.6 is 35.3 Å². The van der Waals surface area contributed by atoms with Crippen molar-refractivity contribution in [3.8, 4) is 5.75 Å². The second-order valence-corrected chi connectivity index (χ2v) is 13.4. The third-order valence-electron chi connectivity index (χ3n) is 8.14. The number of para-hydroxylation sites is 2. The maximum atomic E-state index is 13.4. The average Bonchev–Trinajstić information content (AvgIpc) is 3.68. The maximum Gasteiger partial charge on any atom is 0.266 e. The van der Waals surface area contributed by atoms with Crippen molar-refractivity contribution in [2.75, 3.05) is 11.4 Å². The predicted octanol–water partition coefficient (Wildman–Crippen LogP) is 10.5. The molecule has 4 nitrogen and oxygen atoms in total. The molecule has 0 unspecified atom stereocenters. The molecule has 2 aliphatic heterocycles. The van der Waals surface area contributed by atoms with Gasteiger partial charge in [0.15, 0.2) is 0 Å². The zero-order chi connectivity index (χ0) is 30.5. The number of carbonyl (C=O) groups is 1. The van der Waals surface area contributed by atoms with Gasteiger partial charge in [-0.2, -0.15) is 0 Å². The van der Waals surface area contributed by atoms with E-state index in [1.165, 1.54) is 33.3 Å². The zero-order valence-electron chi connectivity index (χ0n) is 24.3. The molecule has 6 aromatic rings. The van der Waals surface area contributed by atoms with E-state index in [1.54, 1.807) is 16.2 Å².